The molecular weight excluding hydrogens is 149 g/mol. The first-order chi connectivity index (χ1) is 3.15. The van der Waals surface area contributed by atoms with Crippen molar-refractivity contribution in [2.45, 2.75) is 27.7 Å². The standard InChI is InChI=1S/C4H9.C3H7.Zn/c1-4(2)3;1-3-2;/h4H,1H2,2-3H3;3H,1-2H3;/q2*-1;+2. The Balaban J connectivity index is -0.0000000575. The summed E-state index contributed by atoms with van der Waals surface area (Å²) in [6.07, 6.45) is 2.00. The van der Waals surface area contributed by atoms with Gasteiger partial charge in [0.2, 0.25) is 0 Å². The van der Waals surface area contributed by atoms with Gasteiger partial charge in [0.15, 0.2) is 0 Å². The van der Waals surface area contributed by atoms with Crippen molar-refractivity contribution in [3.8, 4) is 0 Å². The van der Waals surface area contributed by atoms with Gasteiger partial charge < -0.3 is 13.3 Å². The van der Waals surface area contributed by atoms with Crippen LogP contribution in [0.3, 0.4) is 0 Å². The van der Waals surface area contributed by atoms with Crippen LogP contribution in [0.5, 0.6) is 0 Å². The molecule has 8 heavy (non-hydrogen) atoms. The Morgan fingerprint density at radius 2 is 1.25 bits per heavy atom. The minimum absolute atomic E-state index is 0. The van der Waals surface area contributed by atoms with E-state index in [-0.39, 0.29) is 19.5 Å². The van der Waals surface area contributed by atoms with Gasteiger partial charge in [-0.15, -0.1) is 0 Å². The van der Waals surface area contributed by atoms with E-state index >= 15 is 0 Å². The maximum Gasteiger partial charge on any atom is 2.00 e. The zero-order valence-electron chi connectivity index (χ0n) is 6.57. The second-order valence-corrected chi connectivity index (χ2v) is 1.97. The van der Waals surface area contributed by atoms with E-state index < -0.39 is 0 Å². The molecule has 0 nitrogen and oxygen atoms in total. The quantitative estimate of drug-likeness (QED) is 0.383. The minimum atomic E-state index is 0. The van der Waals surface area contributed by atoms with Crippen LogP contribution in [0, 0.1) is 19.3 Å². The Morgan fingerprint density at radius 3 is 1.25 bits per heavy atom. The Labute approximate surface area is 66.8 Å². The van der Waals surface area contributed by atoms with E-state index in [1.165, 1.54) is 0 Å². The van der Waals surface area contributed by atoms with Crippen LogP contribution in [0.2, 0.25) is 0 Å². The van der Waals surface area contributed by atoms with Crippen LogP contribution in [0.4, 0.5) is 0 Å². The molecule has 46 valence electrons. The van der Waals surface area contributed by atoms with Crippen LogP contribution in [0.1, 0.15) is 27.7 Å². The molecule has 0 aliphatic heterocycles. The van der Waals surface area contributed by atoms with Crippen LogP contribution in [-0.2, 0) is 19.5 Å². The van der Waals surface area contributed by atoms with Crippen molar-refractivity contribution >= 4 is 0 Å². The topological polar surface area (TPSA) is 0 Å². The Kier molecular flexibility index (Phi) is 31.0. The van der Waals surface area contributed by atoms with Crippen molar-refractivity contribution in [2.24, 2.45) is 5.92 Å². The molecule has 0 rings (SSSR count). The van der Waals surface area contributed by atoms with Gasteiger partial charge in [0, 0.05) is 0 Å². The summed E-state index contributed by atoms with van der Waals surface area (Å²) in [7, 11) is 0. The summed E-state index contributed by atoms with van der Waals surface area (Å²) >= 11 is 0. The third-order valence-corrected chi connectivity index (χ3v) is 0. The average Bonchev–Trinajstić information content (AvgIpc) is 1.33. The minimum Gasteiger partial charge on any atom is -0.341 e. The molecule has 0 aliphatic carbocycles. The van der Waals surface area contributed by atoms with Gasteiger partial charge in [-0.3, -0.25) is 0 Å². The summed E-state index contributed by atoms with van der Waals surface area (Å²) in [5, 5.41) is 0. The van der Waals surface area contributed by atoms with E-state index in [9.17, 15) is 0 Å². The van der Waals surface area contributed by atoms with Crippen LogP contribution in [-0.4, -0.2) is 0 Å². The second kappa shape index (κ2) is 15.6. The third-order valence-electron chi connectivity index (χ3n) is 0. The number of rotatable bonds is 0. The molecule has 0 radical (unpaired) electrons. The smallest absolute Gasteiger partial charge is 0.341 e. The molecule has 0 spiro atoms. The molecule has 0 saturated heterocycles. The first-order valence-electron chi connectivity index (χ1n) is 2.72. The molecule has 0 aromatic rings. The molecular formula is C7H16Zn. The van der Waals surface area contributed by atoms with E-state index in [2.05, 4.69) is 20.8 Å². The summed E-state index contributed by atoms with van der Waals surface area (Å²) in [5.41, 5.74) is 0. The molecule has 0 bridgehead atoms. The summed E-state index contributed by atoms with van der Waals surface area (Å²) in [4.78, 5) is 0. The molecule has 0 amide bonds. The summed E-state index contributed by atoms with van der Waals surface area (Å²) in [5.74, 6) is 0.583. The summed E-state index contributed by atoms with van der Waals surface area (Å²) < 4.78 is 0. The van der Waals surface area contributed by atoms with Gasteiger partial charge in [-0.2, -0.15) is 19.8 Å². The van der Waals surface area contributed by atoms with Gasteiger partial charge >= 0.3 is 19.5 Å². The van der Waals surface area contributed by atoms with Gasteiger partial charge in [0.1, 0.15) is 0 Å². The van der Waals surface area contributed by atoms with Crippen LogP contribution < -0.4 is 0 Å². The summed E-state index contributed by atoms with van der Waals surface area (Å²) in [6, 6.07) is 0. The zero-order valence-corrected chi connectivity index (χ0v) is 9.54. The molecule has 0 aromatic heterocycles. The molecule has 0 unspecified atom stereocenters. The largest absolute Gasteiger partial charge is 2.00 e. The van der Waals surface area contributed by atoms with Crippen molar-refractivity contribution in [1.82, 2.24) is 0 Å². The molecule has 0 aliphatic rings. The van der Waals surface area contributed by atoms with E-state index in [0.29, 0.717) is 5.92 Å². The van der Waals surface area contributed by atoms with Crippen LogP contribution in [0.25, 0.3) is 0 Å². The molecule has 0 fully saturated rings. The van der Waals surface area contributed by atoms with Crippen molar-refractivity contribution < 1.29 is 19.5 Å². The van der Waals surface area contributed by atoms with Crippen LogP contribution in [0.15, 0.2) is 0 Å². The van der Waals surface area contributed by atoms with Gasteiger partial charge in [-0.1, -0.05) is 13.8 Å². The maximum atomic E-state index is 3.64. The van der Waals surface area contributed by atoms with Gasteiger partial charge in [-0.25, -0.2) is 0 Å². The molecule has 0 aromatic carbocycles. The monoisotopic (exact) mass is 164 g/mol. The van der Waals surface area contributed by atoms with Crippen molar-refractivity contribution in [2.75, 3.05) is 0 Å². The number of hydrogen-bond donors (Lipinski definition) is 0. The predicted octanol–water partition coefficient (Wildman–Crippen LogP) is 2.70. The Morgan fingerprint density at radius 1 is 1.25 bits per heavy atom. The number of hydrogen-bond acceptors (Lipinski definition) is 0. The predicted molar refractivity (Wildman–Crippen MR) is 35.8 cm³/mol. The SMILES string of the molecule is C[CH-]C.[CH2-]C(C)C.[Zn+2]. The van der Waals surface area contributed by atoms with Crippen LogP contribution >= 0.6 is 0 Å². The van der Waals surface area contributed by atoms with Gasteiger partial charge in [0.25, 0.3) is 0 Å². The fraction of sp³-hybridized carbons (Fsp3) is 0.714. The van der Waals surface area contributed by atoms with Crippen molar-refractivity contribution in [3.05, 3.63) is 13.3 Å². The molecule has 0 heterocycles. The molecule has 0 atom stereocenters. The fourth-order valence-electron chi connectivity index (χ4n) is 0. The van der Waals surface area contributed by atoms with Crippen molar-refractivity contribution in [1.29, 1.82) is 0 Å². The van der Waals surface area contributed by atoms with E-state index in [4.69, 9.17) is 0 Å². The summed E-state index contributed by atoms with van der Waals surface area (Å²) in [6.45, 7) is 11.8. The van der Waals surface area contributed by atoms with E-state index in [1.807, 2.05) is 20.3 Å². The van der Waals surface area contributed by atoms with E-state index in [0.717, 1.165) is 0 Å². The first kappa shape index (κ1) is 15.8. The Bertz CT molecular complexity index is 15.6. The molecule has 0 N–H and O–H groups in total. The van der Waals surface area contributed by atoms with Gasteiger partial charge in [0.05, 0.1) is 0 Å². The normalized spacial score (nSPS) is 6.75. The Hall–Kier alpha value is 0.623. The zero-order chi connectivity index (χ0) is 6.28. The first-order valence-corrected chi connectivity index (χ1v) is 2.72. The fourth-order valence-corrected chi connectivity index (χ4v) is 0. The third kappa shape index (κ3) is 539. The maximum absolute atomic E-state index is 3.64. The van der Waals surface area contributed by atoms with Crippen molar-refractivity contribution in [3.63, 3.8) is 0 Å². The molecule has 1 heteroatoms. The average molecular weight is 166 g/mol. The van der Waals surface area contributed by atoms with E-state index in [1.54, 1.807) is 0 Å². The van der Waals surface area contributed by atoms with Gasteiger partial charge in [-0.05, 0) is 0 Å². The second-order valence-electron chi connectivity index (χ2n) is 1.97. The molecule has 0 saturated carbocycles.